The number of nitrogens with zero attached hydrogens (tertiary/aromatic N) is 2. The molecule has 2 atom stereocenters. The number of fused-ring (bicyclic) bond motifs is 1. The quantitative estimate of drug-likeness (QED) is 0.373. The highest BCUT2D eigenvalue weighted by Gasteiger charge is 2.36. The molecule has 2 aromatic carbocycles. The topological polar surface area (TPSA) is 63.6 Å². The minimum absolute atomic E-state index is 0.132. The summed E-state index contributed by atoms with van der Waals surface area (Å²) < 4.78 is 22.5. The van der Waals surface area contributed by atoms with Crippen LogP contribution in [0.5, 0.6) is 23.0 Å². The summed E-state index contributed by atoms with van der Waals surface area (Å²) >= 11 is 1.86. The van der Waals surface area contributed by atoms with Gasteiger partial charge in [0.2, 0.25) is 6.79 Å². The second kappa shape index (κ2) is 12.2. The van der Waals surface area contributed by atoms with Gasteiger partial charge in [0.05, 0.1) is 5.37 Å². The number of phenolic OH excluding ortho intramolecular Hbond substituents is 1. The summed E-state index contributed by atoms with van der Waals surface area (Å²) in [5.41, 5.74) is 3.09. The zero-order valence-corrected chi connectivity index (χ0v) is 25.7. The summed E-state index contributed by atoms with van der Waals surface area (Å²) in [7, 11) is 3.94. The first-order chi connectivity index (χ1) is 18.4. The molecule has 0 aromatic heterocycles. The molecule has 0 radical (unpaired) electrons. The van der Waals surface area contributed by atoms with Crippen molar-refractivity contribution in [3.8, 4) is 23.0 Å². The molecule has 216 valence electrons. The number of hydrogen-bond acceptors (Lipinski definition) is 8. The Bertz CT molecular complexity index is 1090. The van der Waals surface area contributed by atoms with E-state index in [1.54, 1.807) is 7.11 Å². The SMILES string of the molecule is COC1CN(CCCN(C)CCOc2ccc3c(c2)OCO3)C(c2cc(C(C)(C)C)c(O)c(C(C)(C)C)c2)S1. The van der Waals surface area contributed by atoms with Crippen LogP contribution in [-0.4, -0.2) is 74.1 Å². The third kappa shape index (κ3) is 7.34. The highest BCUT2D eigenvalue weighted by molar-refractivity contribution is 8.00. The number of likely N-dealkylation sites (N-methyl/N-ethyl adjacent to an activating group) is 1. The van der Waals surface area contributed by atoms with Crippen molar-refractivity contribution in [2.45, 2.75) is 69.6 Å². The minimum atomic E-state index is -0.153. The van der Waals surface area contributed by atoms with E-state index in [4.69, 9.17) is 18.9 Å². The van der Waals surface area contributed by atoms with Crippen LogP contribution in [0.1, 0.15) is 70.0 Å². The van der Waals surface area contributed by atoms with Crippen LogP contribution in [0, 0.1) is 0 Å². The standard InChI is InChI=1S/C31H46N2O5S/c1-30(2,3)23-16-21(17-24(28(23)34)31(4,5)6)29-33(19-27(35-8)39-29)13-9-12-32(7)14-15-36-22-10-11-25-26(18-22)38-20-37-25/h10-11,16-18,27,29,34H,9,12-15,19-20H2,1-8H3. The molecule has 2 aliphatic rings. The normalized spacial score (nSPS) is 19.7. The van der Waals surface area contributed by atoms with Gasteiger partial charge in [-0.2, -0.15) is 0 Å². The van der Waals surface area contributed by atoms with E-state index in [-0.39, 0.29) is 28.4 Å². The van der Waals surface area contributed by atoms with E-state index in [9.17, 15) is 5.11 Å². The van der Waals surface area contributed by atoms with Crippen molar-refractivity contribution in [2.75, 3.05) is 53.7 Å². The molecule has 0 saturated carbocycles. The minimum Gasteiger partial charge on any atom is -0.507 e. The van der Waals surface area contributed by atoms with Crippen molar-refractivity contribution in [2.24, 2.45) is 0 Å². The van der Waals surface area contributed by atoms with Crippen molar-refractivity contribution in [1.29, 1.82) is 0 Å². The third-order valence-electron chi connectivity index (χ3n) is 7.36. The van der Waals surface area contributed by atoms with E-state index in [1.807, 2.05) is 30.0 Å². The first kappa shape index (κ1) is 29.8. The van der Waals surface area contributed by atoms with Crippen LogP contribution in [0.3, 0.4) is 0 Å². The Hall–Kier alpha value is -2.13. The van der Waals surface area contributed by atoms with Crippen LogP contribution in [0.15, 0.2) is 30.3 Å². The van der Waals surface area contributed by atoms with E-state index in [0.29, 0.717) is 12.4 Å². The Morgan fingerprint density at radius 3 is 2.31 bits per heavy atom. The maximum Gasteiger partial charge on any atom is 0.231 e. The van der Waals surface area contributed by atoms with Crippen LogP contribution in [-0.2, 0) is 15.6 Å². The van der Waals surface area contributed by atoms with Gasteiger partial charge in [-0.05, 0) is 71.8 Å². The molecule has 39 heavy (non-hydrogen) atoms. The average Bonchev–Trinajstić information content (AvgIpc) is 3.49. The van der Waals surface area contributed by atoms with E-state index < -0.39 is 0 Å². The molecule has 8 heteroatoms. The van der Waals surface area contributed by atoms with Crippen LogP contribution in [0.25, 0.3) is 0 Å². The summed E-state index contributed by atoms with van der Waals surface area (Å²) in [5.74, 6) is 2.74. The van der Waals surface area contributed by atoms with Crippen molar-refractivity contribution in [3.63, 3.8) is 0 Å². The van der Waals surface area contributed by atoms with Crippen molar-refractivity contribution >= 4 is 11.8 Å². The molecule has 2 heterocycles. The number of methoxy groups -OCH3 is 1. The molecule has 2 aromatic rings. The summed E-state index contributed by atoms with van der Waals surface area (Å²) in [5, 5.41) is 11.4. The molecular weight excluding hydrogens is 512 g/mol. The molecule has 1 N–H and O–H groups in total. The van der Waals surface area contributed by atoms with Crippen LogP contribution >= 0.6 is 11.8 Å². The molecule has 1 fully saturated rings. The monoisotopic (exact) mass is 558 g/mol. The van der Waals surface area contributed by atoms with E-state index in [0.717, 1.165) is 61.0 Å². The van der Waals surface area contributed by atoms with Crippen LogP contribution in [0.2, 0.25) is 0 Å². The molecule has 4 rings (SSSR count). The smallest absolute Gasteiger partial charge is 0.231 e. The Morgan fingerprint density at radius 1 is 1.00 bits per heavy atom. The fourth-order valence-electron chi connectivity index (χ4n) is 5.07. The zero-order valence-electron chi connectivity index (χ0n) is 24.9. The molecule has 7 nitrogen and oxygen atoms in total. The highest BCUT2D eigenvalue weighted by Crippen LogP contribution is 2.47. The third-order valence-corrected chi connectivity index (χ3v) is 8.84. The zero-order chi connectivity index (χ0) is 28.4. The maximum absolute atomic E-state index is 11.2. The number of thioether (sulfide) groups is 1. The van der Waals surface area contributed by atoms with Gasteiger partial charge in [-0.25, -0.2) is 0 Å². The summed E-state index contributed by atoms with van der Waals surface area (Å²) in [6.45, 7) is 17.6. The van der Waals surface area contributed by atoms with Gasteiger partial charge < -0.3 is 29.0 Å². The summed E-state index contributed by atoms with van der Waals surface area (Å²) in [6, 6.07) is 10.1. The summed E-state index contributed by atoms with van der Waals surface area (Å²) in [4.78, 5) is 4.84. The Labute approximate surface area is 238 Å². The Morgan fingerprint density at radius 2 is 1.67 bits per heavy atom. The van der Waals surface area contributed by atoms with E-state index in [1.165, 1.54) is 5.56 Å². The van der Waals surface area contributed by atoms with Crippen molar-refractivity contribution in [1.82, 2.24) is 9.80 Å². The first-order valence-electron chi connectivity index (χ1n) is 13.9. The fourth-order valence-corrected chi connectivity index (χ4v) is 6.41. The van der Waals surface area contributed by atoms with Gasteiger partial charge in [-0.3, -0.25) is 4.90 Å². The second-order valence-electron chi connectivity index (χ2n) is 12.6. The van der Waals surface area contributed by atoms with Gasteiger partial charge in [0.1, 0.15) is 23.5 Å². The number of hydrogen-bond donors (Lipinski definition) is 1. The Balaban J connectivity index is 1.36. The van der Waals surface area contributed by atoms with Crippen LogP contribution in [0.4, 0.5) is 0 Å². The van der Waals surface area contributed by atoms with Crippen molar-refractivity contribution in [3.05, 3.63) is 47.0 Å². The predicted octanol–water partition coefficient (Wildman–Crippen LogP) is 6.14. The van der Waals surface area contributed by atoms with Gasteiger partial charge in [0.25, 0.3) is 0 Å². The predicted molar refractivity (Wildman–Crippen MR) is 158 cm³/mol. The molecule has 0 bridgehead atoms. The molecular formula is C31H46N2O5S. The fraction of sp³-hybridized carbons (Fsp3) is 0.613. The van der Waals surface area contributed by atoms with E-state index in [2.05, 4.69) is 70.5 Å². The summed E-state index contributed by atoms with van der Waals surface area (Å²) in [6.07, 6.45) is 1.05. The lowest BCUT2D eigenvalue weighted by atomic mass is 9.78. The Kier molecular flexibility index (Phi) is 9.31. The average molecular weight is 559 g/mol. The second-order valence-corrected chi connectivity index (χ2v) is 13.9. The van der Waals surface area contributed by atoms with Gasteiger partial charge in [0, 0.05) is 32.8 Å². The molecule has 2 aliphatic heterocycles. The molecule has 0 aliphatic carbocycles. The van der Waals surface area contributed by atoms with Crippen molar-refractivity contribution < 1.29 is 24.1 Å². The van der Waals surface area contributed by atoms with Gasteiger partial charge in [0.15, 0.2) is 11.5 Å². The first-order valence-corrected chi connectivity index (χ1v) is 14.8. The van der Waals surface area contributed by atoms with Gasteiger partial charge >= 0.3 is 0 Å². The number of ether oxygens (including phenoxy) is 4. The van der Waals surface area contributed by atoms with Crippen LogP contribution < -0.4 is 14.2 Å². The lowest BCUT2D eigenvalue weighted by Crippen LogP contribution is -2.31. The number of rotatable bonds is 10. The largest absolute Gasteiger partial charge is 0.507 e. The highest BCUT2D eigenvalue weighted by atomic mass is 32.2. The van der Waals surface area contributed by atoms with Gasteiger partial charge in [-0.1, -0.05) is 41.5 Å². The van der Waals surface area contributed by atoms with E-state index >= 15 is 0 Å². The molecule has 2 unspecified atom stereocenters. The molecule has 0 amide bonds. The molecule has 1 saturated heterocycles. The molecule has 0 spiro atoms. The lowest BCUT2D eigenvalue weighted by molar-refractivity contribution is 0.135. The number of benzene rings is 2. The number of phenols is 1. The van der Waals surface area contributed by atoms with Gasteiger partial charge in [-0.15, -0.1) is 11.8 Å². The maximum atomic E-state index is 11.2. The number of aromatic hydroxyl groups is 1. The lowest BCUT2D eigenvalue weighted by Gasteiger charge is -2.31.